The monoisotopic (exact) mass is 612 g/mol. The summed E-state index contributed by atoms with van der Waals surface area (Å²) in [4.78, 5) is 68.1. The summed E-state index contributed by atoms with van der Waals surface area (Å²) >= 11 is 2.52. The zero-order valence-electron chi connectivity index (χ0n) is 22.1. The maximum atomic E-state index is 13.5. The molecule has 0 bridgehead atoms. The van der Waals surface area contributed by atoms with Gasteiger partial charge in [0.2, 0.25) is 11.1 Å². The highest BCUT2D eigenvalue weighted by molar-refractivity contribution is 8.01. The van der Waals surface area contributed by atoms with Crippen molar-refractivity contribution in [2.24, 2.45) is 7.05 Å². The Morgan fingerprint density at radius 3 is 2.62 bits per heavy atom. The molecule has 17 heteroatoms. The Balaban J connectivity index is 1.34. The van der Waals surface area contributed by atoms with Crippen LogP contribution in [0.1, 0.15) is 27.7 Å². The van der Waals surface area contributed by atoms with Crippen molar-refractivity contribution in [3.05, 3.63) is 74.8 Å². The van der Waals surface area contributed by atoms with Gasteiger partial charge in [0.05, 0.1) is 0 Å². The summed E-state index contributed by atoms with van der Waals surface area (Å²) in [5.41, 5.74) is 0.417. The van der Waals surface area contributed by atoms with Gasteiger partial charge >= 0.3 is 5.97 Å². The molecule has 15 nitrogen and oxygen atoms in total. The van der Waals surface area contributed by atoms with Crippen molar-refractivity contribution in [1.82, 2.24) is 40.7 Å². The van der Waals surface area contributed by atoms with Gasteiger partial charge in [-0.2, -0.15) is 0 Å². The number of carbonyl (C=O) groups excluding carboxylic acids is 3. The number of phenols is 1. The first kappa shape index (κ1) is 28.9. The molecule has 3 amide bonds. The predicted molar refractivity (Wildman–Crippen MR) is 149 cm³/mol. The number of hydrogen-bond acceptors (Lipinski definition) is 11. The summed E-state index contributed by atoms with van der Waals surface area (Å²) in [6.45, 7) is 1.65. The molecule has 1 fully saturated rings. The molecule has 2 aromatic heterocycles. The van der Waals surface area contributed by atoms with Crippen molar-refractivity contribution < 1.29 is 29.4 Å². The number of benzene rings is 1. The number of H-pyrrole nitrogens is 1. The van der Waals surface area contributed by atoms with Crippen LogP contribution in [0, 0.1) is 6.92 Å². The highest BCUT2D eigenvalue weighted by Crippen LogP contribution is 2.41. The van der Waals surface area contributed by atoms with E-state index in [4.69, 9.17) is 0 Å². The number of aromatic nitrogens is 5. The first-order valence-electron chi connectivity index (χ1n) is 12.4. The van der Waals surface area contributed by atoms with Gasteiger partial charge in [0, 0.05) is 36.5 Å². The lowest BCUT2D eigenvalue weighted by molar-refractivity contribution is -0.151. The lowest BCUT2D eigenvalue weighted by Gasteiger charge is -2.49. The number of carbonyl (C=O) groups is 4. The molecule has 1 aromatic carbocycles. The number of nitrogens with one attached hydrogen (secondary N) is 3. The smallest absolute Gasteiger partial charge is 0.352 e. The second kappa shape index (κ2) is 11.7. The van der Waals surface area contributed by atoms with Gasteiger partial charge in [-0.1, -0.05) is 23.9 Å². The number of phenolic OH excluding ortho intramolecular Hbond substituents is 1. The normalized spacial score (nSPS) is 18.6. The molecule has 0 radical (unpaired) electrons. The lowest BCUT2D eigenvalue weighted by atomic mass is 10.0. The molecule has 3 aromatic rings. The fraction of sp³-hybridized carbons (Fsp3) is 0.280. The quantitative estimate of drug-likeness (QED) is 0.159. The van der Waals surface area contributed by atoms with Crippen molar-refractivity contribution in [1.29, 1.82) is 0 Å². The van der Waals surface area contributed by atoms with Gasteiger partial charge in [0.25, 0.3) is 11.8 Å². The number of aliphatic carboxylic acids is 1. The molecule has 2 aliphatic rings. The molecule has 5 N–H and O–H groups in total. The van der Waals surface area contributed by atoms with E-state index in [0.29, 0.717) is 16.4 Å². The number of aryl methyl sites for hydroxylation is 2. The van der Waals surface area contributed by atoms with Crippen LogP contribution in [0.4, 0.5) is 0 Å². The number of thioether (sulfide) groups is 2. The summed E-state index contributed by atoms with van der Waals surface area (Å²) in [6.07, 6.45) is 1.24. The van der Waals surface area contributed by atoms with Crippen LogP contribution < -0.4 is 16.1 Å². The third-order valence-corrected chi connectivity index (χ3v) is 9.01. The number of pyridine rings is 1. The Labute approximate surface area is 245 Å². The van der Waals surface area contributed by atoms with Crippen LogP contribution in [0.15, 0.2) is 57.7 Å². The molecule has 1 saturated heterocycles. The van der Waals surface area contributed by atoms with E-state index in [-0.39, 0.29) is 34.1 Å². The zero-order chi connectivity index (χ0) is 30.1. The van der Waals surface area contributed by atoms with Crippen LogP contribution in [0.25, 0.3) is 0 Å². The number of nitrogens with zero attached hydrogens (tertiary/aromatic N) is 5. The molecule has 0 saturated carbocycles. The van der Waals surface area contributed by atoms with Crippen LogP contribution in [-0.2, 0) is 21.4 Å². The van der Waals surface area contributed by atoms with E-state index < -0.39 is 46.6 Å². The number of tetrazole rings is 1. The van der Waals surface area contributed by atoms with Gasteiger partial charge in [0.1, 0.15) is 34.5 Å². The minimum atomic E-state index is -1.34. The van der Waals surface area contributed by atoms with E-state index in [1.165, 1.54) is 64.7 Å². The Hall–Kier alpha value is -4.64. The second-order valence-electron chi connectivity index (χ2n) is 9.42. The SMILES string of the molecule is Cc1cc(=O)c(C(=O)N[C@@H](C(=O)N[C@H]2C(=O)N3C(C(=O)O)=C(CSc4nnnn4C)CS[C@H]23)c2ccc(O)cc2)c[nH]1. The van der Waals surface area contributed by atoms with Gasteiger partial charge in [-0.25, -0.2) is 9.48 Å². The standard InChI is InChI=1S/C25H24N8O7S2/c1-11-7-16(35)15(8-26-11)20(36)27-17(12-3-5-14(34)6-4-12)21(37)28-18-22(38)33-19(24(39)40)13(9-41-23(18)33)10-42-25-29-30-31-32(25)2/h3-8,17-18,23,34H,9-10H2,1-2H3,(H,26,35)(H,27,36)(H,28,37)(H,39,40)/t17-,18+,23-/m1/s1. The maximum Gasteiger partial charge on any atom is 0.352 e. The number of hydrogen-bond donors (Lipinski definition) is 5. The van der Waals surface area contributed by atoms with Crippen LogP contribution >= 0.6 is 23.5 Å². The van der Waals surface area contributed by atoms with Crippen LogP contribution in [0.3, 0.4) is 0 Å². The third kappa shape index (κ3) is 5.60. The van der Waals surface area contributed by atoms with Gasteiger partial charge in [-0.05, 0) is 40.6 Å². The molecule has 0 spiro atoms. The minimum Gasteiger partial charge on any atom is -0.508 e. The van der Waals surface area contributed by atoms with E-state index in [9.17, 15) is 34.2 Å². The number of amides is 3. The molecule has 4 heterocycles. The summed E-state index contributed by atoms with van der Waals surface area (Å²) in [6, 6.07) is 4.35. The highest BCUT2D eigenvalue weighted by atomic mass is 32.2. The number of aromatic amines is 1. The Morgan fingerprint density at radius 1 is 1.24 bits per heavy atom. The summed E-state index contributed by atoms with van der Waals surface area (Å²) in [7, 11) is 1.65. The van der Waals surface area contributed by atoms with E-state index in [0.717, 1.165) is 4.90 Å². The fourth-order valence-corrected chi connectivity index (χ4v) is 6.79. The van der Waals surface area contributed by atoms with Crippen LogP contribution in [0.2, 0.25) is 0 Å². The van der Waals surface area contributed by atoms with Gasteiger partial charge in [-0.15, -0.1) is 16.9 Å². The number of carboxylic acid groups (broad SMARTS) is 1. The first-order chi connectivity index (χ1) is 20.0. The second-order valence-corrected chi connectivity index (χ2v) is 11.5. The van der Waals surface area contributed by atoms with Gasteiger partial charge in [0.15, 0.2) is 5.43 Å². The molecule has 42 heavy (non-hydrogen) atoms. The average molecular weight is 613 g/mol. The maximum absolute atomic E-state index is 13.5. The summed E-state index contributed by atoms with van der Waals surface area (Å²) < 4.78 is 1.45. The fourth-order valence-electron chi connectivity index (χ4n) is 4.45. The highest BCUT2D eigenvalue weighted by Gasteiger charge is 2.54. The van der Waals surface area contributed by atoms with Crippen molar-refractivity contribution in [2.45, 2.75) is 29.5 Å². The zero-order valence-corrected chi connectivity index (χ0v) is 23.7. The molecule has 218 valence electrons. The molecule has 0 aliphatic carbocycles. The largest absolute Gasteiger partial charge is 0.508 e. The van der Waals surface area contributed by atoms with Crippen molar-refractivity contribution in [2.75, 3.05) is 11.5 Å². The number of carboxylic acids is 1. The Kier molecular flexibility index (Phi) is 8.04. The Morgan fingerprint density at radius 2 is 1.98 bits per heavy atom. The van der Waals surface area contributed by atoms with Crippen molar-refractivity contribution in [3.8, 4) is 5.75 Å². The van der Waals surface area contributed by atoms with Crippen molar-refractivity contribution >= 4 is 47.2 Å². The topological polar surface area (TPSA) is 212 Å². The van der Waals surface area contributed by atoms with E-state index in [1.807, 2.05) is 0 Å². The molecular formula is C25H24N8O7S2. The van der Waals surface area contributed by atoms with E-state index >= 15 is 0 Å². The summed E-state index contributed by atoms with van der Waals surface area (Å²) in [5, 5.41) is 35.8. The van der Waals surface area contributed by atoms with Crippen LogP contribution in [-0.4, -0.2) is 86.9 Å². The molecular weight excluding hydrogens is 588 g/mol. The number of fused-ring (bicyclic) bond motifs is 1. The number of β-lactam (4-membered cyclic amide) rings is 1. The third-order valence-electron chi connectivity index (χ3n) is 6.57. The summed E-state index contributed by atoms with van der Waals surface area (Å²) in [5.74, 6) is -3.02. The number of rotatable bonds is 9. The van der Waals surface area contributed by atoms with Crippen molar-refractivity contribution in [3.63, 3.8) is 0 Å². The first-order valence-corrected chi connectivity index (χ1v) is 14.4. The van der Waals surface area contributed by atoms with Crippen LogP contribution in [0.5, 0.6) is 5.75 Å². The predicted octanol–water partition coefficient (Wildman–Crippen LogP) is -0.0856. The molecule has 3 atom stereocenters. The molecule has 2 aliphatic heterocycles. The molecule has 0 unspecified atom stereocenters. The van der Waals surface area contributed by atoms with E-state index in [2.05, 4.69) is 31.1 Å². The van der Waals surface area contributed by atoms with Gasteiger partial charge < -0.3 is 25.8 Å². The Bertz CT molecular complexity index is 1670. The van der Waals surface area contributed by atoms with E-state index in [1.54, 1.807) is 14.0 Å². The minimum absolute atomic E-state index is 0.0694. The average Bonchev–Trinajstić information content (AvgIpc) is 3.37. The van der Waals surface area contributed by atoms with Gasteiger partial charge in [-0.3, -0.25) is 24.1 Å². The lowest BCUT2D eigenvalue weighted by Crippen LogP contribution is -2.71. The molecule has 5 rings (SSSR count). The number of aromatic hydroxyl groups is 1.